The molecule has 0 aliphatic carbocycles. The van der Waals surface area contributed by atoms with Crippen LogP contribution in [0.25, 0.3) is 21.8 Å². The molecule has 0 aliphatic rings. The van der Waals surface area contributed by atoms with Crippen LogP contribution in [0.2, 0.25) is 0 Å². The van der Waals surface area contributed by atoms with E-state index < -0.39 is 5.97 Å². The van der Waals surface area contributed by atoms with Crippen LogP contribution in [-0.2, 0) is 6.54 Å². The number of hydrogen-bond donors (Lipinski definition) is 4. The van der Waals surface area contributed by atoms with Gasteiger partial charge in [0.2, 0.25) is 0 Å². The summed E-state index contributed by atoms with van der Waals surface area (Å²) in [5, 5.41) is 22.4. The van der Waals surface area contributed by atoms with Gasteiger partial charge in [-0.25, -0.2) is 14.8 Å². The van der Waals surface area contributed by atoms with Crippen molar-refractivity contribution in [2.24, 2.45) is 0 Å². The molecular weight excluding hydrogens is 464 g/mol. The number of carbonyl (C=O) groups is 1. The molecule has 188 valence electrons. The predicted octanol–water partition coefficient (Wildman–Crippen LogP) is 3.45. The third-order valence-electron chi connectivity index (χ3n) is 5.44. The first-order chi connectivity index (χ1) is 16.7. The zero-order valence-corrected chi connectivity index (χ0v) is 21.7. The number of carboxylic acid groups (broad SMARTS) is 1. The van der Waals surface area contributed by atoms with Crippen LogP contribution in [0.5, 0.6) is 0 Å². The van der Waals surface area contributed by atoms with E-state index in [-0.39, 0.29) is 17.2 Å². The summed E-state index contributed by atoms with van der Waals surface area (Å²) in [5.41, 5.74) is 1.96. The zero-order valence-electron chi connectivity index (χ0n) is 20.9. The number of anilines is 1. The molecule has 0 aliphatic heterocycles. The number of aromatic carboxylic acids is 1. The summed E-state index contributed by atoms with van der Waals surface area (Å²) >= 11 is 1.40. The van der Waals surface area contributed by atoms with Crippen LogP contribution in [0.3, 0.4) is 0 Å². The number of aromatic nitrogens is 3. The van der Waals surface area contributed by atoms with Crippen molar-refractivity contribution in [3.05, 3.63) is 51.4 Å². The first-order valence-corrected chi connectivity index (χ1v) is 12.7. The number of carboxylic acids is 1. The van der Waals surface area contributed by atoms with Gasteiger partial charge in [0.25, 0.3) is 5.56 Å². The topological polar surface area (TPSA) is 121 Å². The fraction of sp³-hybridized carbons (Fsp3) is 0.440. The van der Waals surface area contributed by atoms with Crippen molar-refractivity contribution in [2.75, 3.05) is 25.0 Å². The van der Waals surface area contributed by atoms with Crippen LogP contribution in [0.4, 0.5) is 5.82 Å². The number of nitrogens with zero attached hydrogens (tertiary/aromatic N) is 3. The van der Waals surface area contributed by atoms with Gasteiger partial charge in [0.1, 0.15) is 10.8 Å². The van der Waals surface area contributed by atoms with Crippen LogP contribution in [0, 0.1) is 6.92 Å². The minimum atomic E-state index is -1.08. The molecule has 35 heavy (non-hydrogen) atoms. The fourth-order valence-corrected chi connectivity index (χ4v) is 4.54. The quantitative estimate of drug-likeness (QED) is 0.280. The maximum absolute atomic E-state index is 12.9. The molecule has 3 heterocycles. The Bertz CT molecular complexity index is 1220. The molecular formula is C25H34N6O3S. The highest BCUT2D eigenvalue weighted by Crippen LogP contribution is 2.31. The first-order valence-electron chi connectivity index (χ1n) is 11.8. The van der Waals surface area contributed by atoms with E-state index in [4.69, 9.17) is 0 Å². The van der Waals surface area contributed by atoms with E-state index in [1.807, 2.05) is 26.0 Å². The lowest BCUT2D eigenvalue weighted by molar-refractivity contribution is 0.0695. The molecule has 3 aromatic rings. The normalized spacial score (nSPS) is 11.4. The van der Waals surface area contributed by atoms with Crippen LogP contribution in [0.1, 0.15) is 43.7 Å². The van der Waals surface area contributed by atoms with E-state index in [1.54, 1.807) is 18.5 Å². The Hall–Kier alpha value is -3.08. The van der Waals surface area contributed by atoms with Gasteiger partial charge in [-0.3, -0.25) is 4.79 Å². The Labute approximate surface area is 209 Å². The molecule has 0 radical (unpaired) electrons. The van der Waals surface area contributed by atoms with Crippen LogP contribution >= 0.6 is 11.3 Å². The molecule has 10 heteroatoms. The van der Waals surface area contributed by atoms with E-state index in [0.717, 1.165) is 29.5 Å². The van der Waals surface area contributed by atoms with Crippen molar-refractivity contribution in [3.8, 4) is 21.8 Å². The molecule has 0 amide bonds. The summed E-state index contributed by atoms with van der Waals surface area (Å²) in [4.78, 5) is 34.1. The number of pyridine rings is 2. The highest BCUT2D eigenvalue weighted by atomic mass is 32.1. The summed E-state index contributed by atoms with van der Waals surface area (Å²) in [6, 6.07) is 5.86. The van der Waals surface area contributed by atoms with Gasteiger partial charge in [-0.15, -0.1) is 11.3 Å². The van der Waals surface area contributed by atoms with Crippen LogP contribution in [-0.4, -0.2) is 57.3 Å². The first kappa shape index (κ1) is 26.5. The Balaban J connectivity index is 1.87. The third kappa shape index (κ3) is 6.97. The maximum atomic E-state index is 12.9. The highest BCUT2D eigenvalue weighted by molar-refractivity contribution is 7.13. The Kier molecular flexibility index (Phi) is 9.13. The zero-order chi connectivity index (χ0) is 25.5. The molecule has 3 aromatic heterocycles. The second-order valence-corrected chi connectivity index (χ2v) is 9.78. The van der Waals surface area contributed by atoms with Crippen molar-refractivity contribution in [3.63, 3.8) is 0 Å². The van der Waals surface area contributed by atoms with Gasteiger partial charge in [-0.2, -0.15) is 0 Å². The average molecular weight is 499 g/mol. The summed E-state index contributed by atoms with van der Waals surface area (Å²) in [5.74, 6) is -0.340. The van der Waals surface area contributed by atoms with Gasteiger partial charge >= 0.3 is 5.97 Å². The fourth-order valence-electron chi connectivity index (χ4n) is 3.73. The number of hydrogen-bond acceptors (Lipinski definition) is 8. The molecule has 9 nitrogen and oxygen atoms in total. The summed E-state index contributed by atoms with van der Waals surface area (Å²) in [6.45, 7) is 12.4. The second kappa shape index (κ2) is 12.1. The maximum Gasteiger partial charge on any atom is 0.338 e. The van der Waals surface area contributed by atoms with E-state index in [2.05, 4.69) is 39.8 Å². The number of rotatable bonds is 12. The average Bonchev–Trinajstić information content (AvgIpc) is 3.28. The molecule has 0 aromatic carbocycles. The minimum absolute atomic E-state index is 0.0979. The molecule has 0 bridgehead atoms. The van der Waals surface area contributed by atoms with Gasteiger partial charge in [-0.05, 0) is 19.1 Å². The molecule has 0 unspecified atom stereocenters. The lowest BCUT2D eigenvalue weighted by atomic mass is 10.0. The molecule has 4 N–H and O–H groups in total. The summed E-state index contributed by atoms with van der Waals surface area (Å²) in [6.07, 6.45) is 1.72. The van der Waals surface area contributed by atoms with E-state index in [9.17, 15) is 14.7 Å². The summed E-state index contributed by atoms with van der Waals surface area (Å²) < 4.78 is 1.50. The van der Waals surface area contributed by atoms with Crippen molar-refractivity contribution < 1.29 is 9.90 Å². The molecule has 0 saturated heterocycles. The molecule has 3 rings (SSSR count). The minimum Gasteiger partial charge on any atom is -0.478 e. The van der Waals surface area contributed by atoms with Crippen molar-refractivity contribution in [1.82, 2.24) is 25.2 Å². The van der Waals surface area contributed by atoms with Crippen LogP contribution < -0.4 is 21.5 Å². The third-order valence-corrected chi connectivity index (χ3v) is 6.33. The monoisotopic (exact) mass is 498 g/mol. The lowest BCUT2D eigenvalue weighted by Gasteiger charge is -2.16. The van der Waals surface area contributed by atoms with Gasteiger partial charge in [0, 0.05) is 72.7 Å². The van der Waals surface area contributed by atoms with Crippen molar-refractivity contribution in [2.45, 2.75) is 53.2 Å². The highest BCUT2D eigenvalue weighted by Gasteiger charge is 2.21. The lowest BCUT2D eigenvalue weighted by Crippen LogP contribution is -2.32. The smallest absolute Gasteiger partial charge is 0.338 e. The van der Waals surface area contributed by atoms with Gasteiger partial charge < -0.3 is 25.6 Å². The molecule has 0 fully saturated rings. The molecule has 0 atom stereocenters. The SMILES string of the molecule is Cc1c(C(=O)O)c(-c2csc(-c3ccnc(NCCNC(C)C)c3)n2)cc(=O)n1CCNC(C)C. The van der Waals surface area contributed by atoms with Crippen LogP contribution in [0.15, 0.2) is 34.6 Å². The number of thiazole rings is 1. The Morgan fingerprint density at radius 2 is 1.83 bits per heavy atom. The molecule has 0 spiro atoms. The van der Waals surface area contributed by atoms with Gasteiger partial charge in [0.15, 0.2) is 0 Å². The summed E-state index contributed by atoms with van der Waals surface area (Å²) in [7, 11) is 0. The Morgan fingerprint density at radius 1 is 1.11 bits per heavy atom. The second-order valence-electron chi connectivity index (χ2n) is 8.93. The largest absolute Gasteiger partial charge is 0.478 e. The van der Waals surface area contributed by atoms with E-state index in [1.165, 1.54) is 22.0 Å². The van der Waals surface area contributed by atoms with Gasteiger partial charge in [-0.1, -0.05) is 27.7 Å². The predicted molar refractivity (Wildman–Crippen MR) is 142 cm³/mol. The van der Waals surface area contributed by atoms with Crippen molar-refractivity contribution in [1.29, 1.82) is 0 Å². The van der Waals surface area contributed by atoms with Crippen molar-refractivity contribution >= 4 is 23.1 Å². The van der Waals surface area contributed by atoms with E-state index >= 15 is 0 Å². The Morgan fingerprint density at radius 3 is 2.51 bits per heavy atom. The van der Waals surface area contributed by atoms with Gasteiger partial charge in [0.05, 0.1) is 11.3 Å². The number of nitrogens with one attached hydrogen (secondary N) is 3. The van der Waals surface area contributed by atoms with E-state index in [0.29, 0.717) is 36.1 Å². The molecule has 0 saturated carbocycles. The standard InChI is InChI=1S/C25H34N6O3S/c1-15(2)26-8-9-29-21-12-18(6-7-28-21)24-30-20(14-35-24)19-13-22(32)31(11-10-27-16(3)4)17(5)23(19)25(33)34/h6-7,12-16,26-27H,8-11H2,1-5H3,(H,28,29)(H,33,34).